The van der Waals surface area contributed by atoms with Crippen LogP contribution >= 0.6 is 6.89 Å². The van der Waals surface area contributed by atoms with Gasteiger partial charge in [0.1, 0.15) is 12.5 Å². The summed E-state index contributed by atoms with van der Waals surface area (Å²) in [6.07, 6.45) is 0.00988. The number of nitrogens with zero attached hydrogens (tertiary/aromatic N) is 1. The smallest absolute Gasteiger partial charge is 0.338 e. The molecule has 5 rings (SSSR count). The number of ketones is 1. The van der Waals surface area contributed by atoms with Crippen LogP contribution in [0, 0.1) is 17.2 Å². The maximum atomic E-state index is 13.9. The second kappa shape index (κ2) is 14.3. The van der Waals surface area contributed by atoms with Crippen LogP contribution < -0.4 is 15.9 Å². The fourth-order valence-electron chi connectivity index (χ4n) is 5.45. The lowest BCUT2D eigenvalue weighted by atomic mass is 9.93. The van der Waals surface area contributed by atoms with E-state index in [1.807, 2.05) is 91.0 Å². The van der Waals surface area contributed by atoms with Gasteiger partial charge in [-0.25, -0.2) is 4.79 Å². The summed E-state index contributed by atoms with van der Waals surface area (Å²) in [4.78, 5) is 27.7. The third-order valence-corrected chi connectivity index (χ3v) is 12.1. The van der Waals surface area contributed by atoms with E-state index in [0.29, 0.717) is 10.9 Å². The number of ether oxygens (including phenoxy) is 1. The van der Waals surface area contributed by atoms with Crippen LogP contribution in [0.5, 0.6) is 0 Å². The fraction of sp³-hybridized carbons (Fsp3) is 0.0769. The molecule has 0 fully saturated rings. The van der Waals surface area contributed by atoms with Gasteiger partial charge in [-0.1, -0.05) is 158 Å². The zero-order chi connectivity index (χ0) is 30.8. The molecular weight excluding hydrogens is 561 g/mol. The topological polar surface area (TPSA) is 67.2 Å². The van der Waals surface area contributed by atoms with Crippen molar-refractivity contribution in [1.29, 1.82) is 5.26 Å². The van der Waals surface area contributed by atoms with Gasteiger partial charge in [0.25, 0.3) is 0 Å². The van der Waals surface area contributed by atoms with Crippen LogP contribution in [0.4, 0.5) is 0 Å². The molecular formula is C39H32NO3P. The van der Waals surface area contributed by atoms with Crippen molar-refractivity contribution < 1.29 is 14.3 Å². The van der Waals surface area contributed by atoms with Crippen molar-refractivity contribution in [3.05, 3.63) is 175 Å². The molecule has 216 valence electrons. The SMILES string of the molecule is C=C(C(=O)OCc1ccccc1)C(CC(C#N)C(=O)c1ccccc1)=P(c1ccccc1)(c1ccccc1)c1ccccc1. The minimum Gasteiger partial charge on any atom is -0.457 e. The molecule has 0 aliphatic heterocycles. The Bertz CT molecular complexity index is 1730. The summed E-state index contributed by atoms with van der Waals surface area (Å²) in [6.45, 7) is 1.54. The molecule has 0 radical (unpaired) electrons. The first-order chi connectivity index (χ1) is 21.6. The van der Waals surface area contributed by atoms with Crippen molar-refractivity contribution >= 4 is 39.8 Å². The van der Waals surface area contributed by atoms with Gasteiger partial charge in [0, 0.05) is 5.56 Å². The summed E-state index contributed by atoms with van der Waals surface area (Å²) in [6, 6.07) is 50.5. The number of carbonyl (C=O) groups is 2. The van der Waals surface area contributed by atoms with Crippen molar-refractivity contribution in [3.63, 3.8) is 0 Å². The van der Waals surface area contributed by atoms with Crippen LogP contribution in [-0.4, -0.2) is 17.0 Å². The van der Waals surface area contributed by atoms with E-state index in [9.17, 15) is 14.9 Å². The molecule has 1 unspecified atom stereocenters. The van der Waals surface area contributed by atoms with E-state index in [1.54, 1.807) is 24.3 Å². The van der Waals surface area contributed by atoms with E-state index in [0.717, 1.165) is 21.5 Å². The third-order valence-electron chi connectivity index (χ3n) is 7.57. The number of rotatable bonds is 11. The summed E-state index contributed by atoms with van der Waals surface area (Å²) in [7, 11) is 0. The number of carbonyl (C=O) groups excluding carboxylic acids is 2. The van der Waals surface area contributed by atoms with Gasteiger partial charge in [-0.2, -0.15) is 5.26 Å². The summed E-state index contributed by atoms with van der Waals surface area (Å²) in [5, 5.41) is 14.0. The first-order valence-corrected chi connectivity index (χ1v) is 16.2. The predicted octanol–water partition coefficient (Wildman–Crippen LogP) is 6.87. The highest BCUT2D eigenvalue weighted by molar-refractivity contribution is 7.95. The van der Waals surface area contributed by atoms with Gasteiger partial charge in [-0.05, 0) is 40.1 Å². The molecule has 5 aromatic rings. The van der Waals surface area contributed by atoms with E-state index in [1.165, 1.54) is 0 Å². The minimum absolute atomic E-state index is 0.00988. The minimum atomic E-state index is -2.85. The Balaban J connectivity index is 1.79. The first kappa shape index (κ1) is 30.2. The van der Waals surface area contributed by atoms with E-state index in [-0.39, 0.29) is 24.4 Å². The second-order valence-electron chi connectivity index (χ2n) is 10.3. The van der Waals surface area contributed by atoms with Crippen molar-refractivity contribution in [2.24, 2.45) is 5.92 Å². The van der Waals surface area contributed by atoms with Gasteiger partial charge in [0.2, 0.25) is 0 Å². The monoisotopic (exact) mass is 593 g/mol. The van der Waals surface area contributed by atoms with Crippen molar-refractivity contribution in [2.45, 2.75) is 13.0 Å². The molecule has 0 heterocycles. The molecule has 5 aromatic carbocycles. The number of esters is 1. The van der Waals surface area contributed by atoms with Crippen LogP contribution in [0.3, 0.4) is 0 Å². The molecule has 0 aromatic heterocycles. The molecule has 0 saturated carbocycles. The van der Waals surface area contributed by atoms with E-state index < -0.39 is 18.8 Å². The normalized spacial score (nSPS) is 11.5. The zero-order valence-electron chi connectivity index (χ0n) is 24.3. The van der Waals surface area contributed by atoms with Crippen LogP contribution in [0.25, 0.3) is 0 Å². The van der Waals surface area contributed by atoms with Gasteiger partial charge in [-0.3, -0.25) is 4.79 Å². The second-order valence-corrected chi connectivity index (χ2v) is 13.7. The highest BCUT2D eigenvalue weighted by Crippen LogP contribution is 2.49. The molecule has 0 spiro atoms. The molecule has 5 heteroatoms. The highest BCUT2D eigenvalue weighted by Gasteiger charge is 2.35. The van der Waals surface area contributed by atoms with Crippen LogP contribution in [-0.2, 0) is 16.1 Å². The molecule has 44 heavy (non-hydrogen) atoms. The molecule has 0 aliphatic rings. The van der Waals surface area contributed by atoms with Crippen molar-refractivity contribution in [1.82, 2.24) is 0 Å². The molecule has 1 atom stereocenters. The van der Waals surface area contributed by atoms with Crippen LogP contribution in [0.2, 0.25) is 0 Å². The van der Waals surface area contributed by atoms with Crippen molar-refractivity contribution in [3.8, 4) is 6.07 Å². The number of hydrogen-bond acceptors (Lipinski definition) is 4. The lowest BCUT2D eigenvalue weighted by Crippen LogP contribution is -2.34. The lowest BCUT2D eigenvalue weighted by Gasteiger charge is -2.34. The summed E-state index contributed by atoms with van der Waals surface area (Å²) >= 11 is 0. The number of nitriles is 1. The van der Waals surface area contributed by atoms with Crippen LogP contribution in [0.1, 0.15) is 22.3 Å². The summed E-state index contributed by atoms with van der Waals surface area (Å²) in [5.74, 6) is -1.94. The largest absolute Gasteiger partial charge is 0.457 e. The molecule has 4 nitrogen and oxygen atoms in total. The molecule has 0 saturated heterocycles. The average molecular weight is 594 g/mol. The van der Waals surface area contributed by atoms with Gasteiger partial charge in [-0.15, -0.1) is 0 Å². The molecule has 0 bridgehead atoms. The zero-order valence-corrected chi connectivity index (χ0v) is 25.1. The van der Waals surface area contributed by atoms with E-state index in [4.69, 9.17) is 4.74 Å². The lowest BCUT2D eigenvalue weighted by molar-refractivity contribution is -0.139. The Morgan fingerprint density at radius 2 is 1.07 bits per heavy atom. The highest BCUT2D eigenvalue weighted by atomic mass is 31.2. The Kier molecular flexibility index (Phi) is 9.82. The van der Waals surface area contributed by atoms with E-state index >= 15 is 0 Å². The summed E-state index contributed by atoms with van der Waals surface area (Å²) < 4.78 is 5.82. The maximum absolute atomic E-state index is 13.9. The van der Waals surface area contributed by atoms with Crippen LogP contribution in [0.15, 0.2) is 164 Å². The fourth-order valence-corrected chi connectivity index (χ4v) is 10.1. The molecule has 0 N–H and O–H groups in total. The molecule has 0 amide bonds. The Labute approximate surface area is 258 Å². The first-order valence-electron chi connectivity index (χ1n) is 14.4. The maximum Gasteiger partial charge on any atom is 0.338 e. The van der Waals surface area contributed by atoms with Gasteiger partial charge in [0.05, 0.1) is 11.6 Å². The standard InChI is InChI=1S/C39H32NO3P/c1-30(39(42)43-29-31-17-7-2-8-18-31)37(27-33(28-40)38(41)32-19-9-3-10-20-32)44(34-21-11-4-12-22-34,35-23-13-5-14-24-35)36-25-15-6-16-26-36/h2-26,33H,1,27,29H2. The van der Waals surface area contributed by atoms with Gasteiger partial charge in [0.15, 0.2) is 5.78 Å². The quantitative estimate of drug-likeness (QED) is 0.0726. The average Bonchev–Trinajstić information content (AvgIpc) is 3.10. The van der Waals surface area contributed by atoms with E-state index in [2.05, 4.69) is 49.0 Å². The number of Topliss-reactive ketones (excluding diaryl/α,β-unsaturated/α-hetero) is 1. The van der Waals surface area contributed by atoms with Gasteiger partial charge >= 0.3 is 5.97 Å². The third kappa shape index (κ3) is 6.40. The Hall–Kier alpha value is -5.23. The molecule has 0 aliphatic carbocycles. The van der Waals surface area contributed by atoms with Crippen molar-refractivity contribution in [2.75, 3.05) is 0 Å². The Morgan fingerprint density at radius 1 is 0.659 bits per heavy atom. The number of hydrogen-bond donors (Lipinski definition) is 0. The Morgan fingerprint density at radius 3 is 1.50 bits per heavy atom. The van der Waals surface area contributed by atoms with Gasteiger partial charge < -0.3 is 4.74 Å². The number of benzene rings is 5. The predicted molar refractivity (Wildman–Crippen MR) is 180 cm³/mol. The summed E-state index contributed by atoms with van der Waals surface area (Å²) in [5.41, 5.74) is 1.45.